The van der Waals surface area contributed by atoms with Gasteiger partial charge < -0.3 is 9.64 Å². The van der Waals surface area contributed by atoms with Crippen molar-refractivity contribution in [3.63, 3.8) is 0 Å². The van der Waals surface area contributed by atoms with E-state index in [0.717, 1.165) is 35.3 Å². The van der Waals surface area contributed by atoms with E-state index in [9.17, 15) is 4.79 Å². The molecular weight excluding hydrogens is 376 g/mol. The molecule has 146 valence electrons. The molecule has 2 heterocycles. The average Bonchev–Trinajstić information content (AvgIpc) is 3.47. The molecule has 0 spiro atoms. The number of aryl methyl sites for hydroxylation is 2. The third-order valence-electron chi connectivity index (χ3n) is 5.05. The smallest absolute Gasteiger partial charge is 0.254 e. The van der Waals surface area contributed by atoms with Gasteiger partial charge in [0.15, 0.2) is 5.65 Å². The zero-order chi connectivity index (χ0) is 19.8. The number of aromatic nitrogens is 3. The highest BCUT2D eigenvalue weighted by molar-refractivity contribution is 6.30. The monoisotopic (exact) mass is 398 g/mol. The largest absolute Gasteiger partial charge is 0.492 e. The highest BCUT2D eigenvalue weighted by atomic mass is 35.5. The molecule has 0 atom stereocenters. The highest BCUT2D eigenvalue weighted by Gasteiger charge is 2.29. The molecule has 1 saturated carbocycles. The number of carbonyl (C=O) groups is 1. The maximum atomic E-state index is 13.2. The fourth-order valence-electron chi connectivity index (χ4n) is 3.39. The minimum absolute atomic E-state index is 0.0416. The van der Waals surface area contributed by atoms with Crippen LogP contribution in [0.1, 0.15) is 40.5 Å². The SMILES string of the molecule is Cc1nn(C)c2nc(C3CC3)cc(C(=O)N(C)CCOc3cccc(Cl)c3)c12. The van der Waals surface area contributed by atoms with Gasteiger partial charge in [0.25, 0.3) is 5.91 Å². The summed E-state index contributed by atoms with van der Waals surface area (Å²) in [6.45, 7) is 2.77. The van der Waals surface area contributed by atoms with E-state index in [1.165, 1.54) is 0 Å². The molecule has 6 nitrogen and oxygen atoms in total. The van der Waals surface area contributed by atoms with Crippen LogP contribution in [0.2, 0.25) is 5.02 Å². The molecule has 1 aliphatic rings. The van der Waals surface area contributed by atoms with Gasteiger partial charge in [0.2, 0.25) is 0 Å². The van der Waals surface area contributed by atoms with E-state index in [-0.39, 0.29) is 5.91 Å². The molecule has 1 amide bonds. The molecule has 0 radical (unpaired) electrons. The first kappa shape index (κ1) is 18.7. The van der Waals surface area contributed by atoms with Crippen molar-refractivity contribution in [1.82, 2.24) is 19.7 Å². The highest BCUT2D eigenvalue weighted by Crippen LogP contribution is 2.40. The summed E-state index contributed by atoms with van der Waals surface area (Å²) < 4.78 is 7.48. The van der Waals surface area contributed by atoms with Crippen molar-refractivity contribution in [2.75, 3.05) is 20.2 Å². The molecule has 2 aromatic heterocycles. The summed E-state index contributed by atoms with van der Waals surface area (Å²) in [5.41, 5.74) is 3.25. The molecular formula is C21H23ClN4O2. The first-order chi connectivity index (χ1) is 13.4. The standard InChI is InChI=1S/C21H23ClN4O2/c1-13-19-17(12-18(14-7-8-14)23-20(19)26(3)24-13)21(27)25(2)9-10-28-16-6-4-5-15(22)11-16/h4-6,11-12,14H,7-10H2,1-3H3. The van der Waals surface area contributed by atoms with Crippen LogP contribution in [0.25, 0.3) is 11.0 Å². The second-order valence-electron chi connectivity index (χ2n) is 7.31. The van der Waals surface area contributed by atoms with Crippen molar-refractivity contribution >= 4 is 28.5 Å². The van der Waals surface area contributed by atoms with Gasteiger partial charge in [-0.15, -0.1) is 0 Å². The number of fused-ring (bicyclic) bond motifs is 1. The number of hydrogen-bond acceptors (Lipinski definition) is 4. The Morgan fingerprint density at radius 2 is 2.14 bits per heavy atom. The number of amides is 1. The van der Waals surface area contributed by atoms with Gasteiger partial charge in [-0.2, -0.15) is 5.10 Å². The van der Waals surface area contributed by atoms with Crippen molar-refractivity contribution in [1.29, 1.82) is 0 Å². The fourth-order valence-corrected chi connectivity index (χ4v) is 3.57. The molecule has 3 aromatic rings. The van der Waals surface area contributed by atoms with Gasteiger partial charge >= 0.3 is 0 Å². The Kier molecular flexibility index (Phi) is 4.98. The Bertz CT molecular complexity index is 1040. The Morgan fingerprint density at radius 1 is 1.36 bits per heavy atom. The summed E-state index contributed by atoms with van der Waals surface area (Å²) in [7, 11) is 3.66. The van der Waals surface area contributed by atoms with Crippen molar-refractivity contribution in [3.8, 4) is 5.75 Å². The van der Waals surface area contributed by atoms with Crippen LogP contribution in [0.4, 0.5) is 0 Å². The molecule has 0 N–H and O–H groups in total. The maximum Gasteiger partial charge on any atom is 0.254 e. The minimum Gasteiger partial charge on any atom is -0.492 e. The lowest BCUT2D eigenvalue weighted by Crippen LogP contribution is -2.31. The second-order valence-corrected chi connectivity index (χ2v) is 7.75. The summed E-state index contributed by atoms with van der Waals surface area (Å²) in [5, 5.41) is 5.93. The number of hydrogen-bond donors (Lipinski definition) is 0. The van der Waals surface area contributed by atoms with Crippen molar-refractivity contribution in [3.05, 3.63) is 52.3 Å². The first-order valence-electron chi connectivity index (χ1n) is 9.42. The zero-order valence-electron chi connectivity index (χ0n) is 16.3. The number of rotatable bonds is 6. The number of pyridine rings is 1. The van der Waals surface area contributed by atoms with Gasteiger partial charge in [-0.25, -0.2) is 4.98 Å². The number of benzene rings is 1. The normalized spacial score (nSPS) is 13.7. The van der Waals surface area contributed by atoms with Crippen LogP contribution in [0, 0.1) is 6.92 Å². The summed E-state index contributed by atoms with van der Waals surface area (Å²) in [6.07, 6.45) is 2.26. The van der Waals surface area contributed by atoms with Crippen LogP contribution < -0.4 is 4.74 Å². The molecule has 28 heavy (non-hydrogen) atoms. The molecule has 1 fully saturated rings. The molecule has 4 rings (SSSR count). The predicted molar refractivity (Wildman–Crippen MR) is 109 cm³/mol. The first-order valence-corrected chi connectivity index (χ1v) is 9.80. The Balaban J connectivity index is 1.54. The van der Waals surface area contributed by atoms with Crippen LogP contribution in [-0.2, 0) is 7.05 Å². The summed E-state index contributed by atoms with van der Waals surface area (Å²) in [6, 6.07) is 9.19. The minimum atomic E-state index is -0.0416. The number of nitrogens with zero attached hydrogens (tertiary/aromatic N) is 4. The fraction of sp³-hybridized carbons (Fsp3) is 0.381. The van der Waals surface area contributed by atoms with Gasteiger partial charge in [0.1, 0.15) is 12.4 Å². The lowest BCUT2D eigenvalue weighted by molar-refractivity contribution is 0.0775. The molecule has 0 saturated heterocycles. The van der Waals surface area contributed by atoms with E-state index in [4.69, 9.17) is 21.3 Å². The van der Waals surface area contributed by atoms with E-state index in [1.54, 1.807) is 28.8 Å². The molecule has 1 aromatic carbocycles. The maximum absolute atomic E-state index is 13.2. The topological polar surface area (TPSA) is 60.2 Å². The number of likely N-dealkylation sites (N-methyl/N-ethyl adjacent to an activating group) is 1. The van der Waals surface area contributed by atoms with Crippen molar-refractivity contribution < 1.29 is 9.53 Å². The Labute approximate surface area is 169 Å². The molecule has 0 bridgehead atoms. The van der Waals surface area contributed by atoms with Crippen molar-refractivity contribution in [2.45, 2.75) is 25.7 Å². The van der Waals surface area contributed by atoms with Gasteiger partial charge in [-0.1, -0.05) is 17.7 Å². The van der Waals surface area contributed by atoms with Crippen LogP contribution in [-0.4, -0.2) is 45.8 Å². The summed E-state index contributed by atoms with van der Waals surface area (Å²) in [5.74, 6) is 1.11. The molecule has 0 unspecified atom stereocenters. The number of halogens is 1. The van der Waals surface area contributed by atoms with Crippen LogP contribution >= 0.6 is 11.6 Å². The van der Waals surface area contributed by atoms with Crippen molar-refractivity contribution in [2.24, 2.45) is 7.05 Å². The van der Waals surface area contributed by atoms with Crippen LogP contribution in [0.3, 0.4) is 0 Å². The summed E-state index contributed by atoms with van der Waals surface area (Å²) >= 11 is 5.98. The van der Waals surface area contributed by atoms with Crippen LogP contribution in [0.5, 0.6) is 5.75 Å². The van der Waals surface area contributed by atoms with E-state index in [2.05, 4.69) is 5.10 Å². The molecule has 7 heteroatoms. The van der Waals surface area contributed by atoms with E-state index < -0.39 is 0 Å². The predicted octanol–water partition coefficient (Wildman–Crippen LogP) is 3.96. The average molecular weight is 399 g/mol. The molecule has 0 aliphatic heterocycles. The van der Waals surface area contributed by atoms with Gasteiger partial charge in [0, 0.05) is 30.7 Å². The van der Waals surface area contributed by atoms with E-state index in [1.807, 2.05) is 32.2 Å². The third kappa shape index (κ3) is 3.69. The van der Waals surface area contributed by atoms with E-state index in [0.29, 0.717) is 35.4 Å². The van der Waals surface area contributed by atoms with E-state index >= 15 is 0 Å². The third-order valence-corrected chi connectivity index (χ3v) is 5.29. The lowest BCUT2D eigenvalue weighted by atomic mass is 10.1. The van der Waals surface area contributed by atoms with Crippen LogP contribution in [0.15, 0.2) is 30.3 Å². The van der Waals surface area contributed by atoms with Gasteiger partial charge in [0.05, 0.1) is 23.2 Å². The zero-order valence-corrected chi connectivity index (χ0v) is 17.0. The summed E-state index contributed by atoms with van der Waals surface area (Å²) in [4.78, 5) is 19.6. The lowest BCUT2D eigenvalue weighted by Gasteiger charge is -2.19. The number of carbonyl (C=O) groups excluding carboxylic acids is 1. The quantitative estimate of drug-likeness (QED) is 0.630. The Hall–Kier alpha value is -2.60. The number of ether oxygens (including phenoxy) is 1. The second kappa shape index (κ2) is 7.43. The Morgan fingerprint density at radius 3 is 2.86 bits per heavy atom. The molecule has 1 aliphatic carbocycles. The van der Waals surface area contributed by atoms with Gasteiger partial charge in [-0.05, 0) is 44.0 Å². The van der Waals surface area contributed by atoms with Gasteiger partial charge in [-0.3, -0.25) is 9.48 Å².